The molecule has 0 nitrogen and oxygen atoms in total. The Morgan fingerprint density at radius 2 is 0.816 bits per heavy atom. The van der Waals surface area contributed by atoms with E-state index in [1.165, 1.54) is 54.9 Å². The molecule has 0 aromatic heterocycles. The summed E-state index contributed by atoms with van der Waals surface area (Å²) in [5.74, 6) is 0. The van der Waals surface area contributed by atoms with Gasteiger partial charge in [0.25, 0.3) is 0 Å². The second-order valence-corrected chi connectivity index (χ2v) is 8.41. The maximum atomic E-state index is 2.26. The molecule has 0 N–H and O–H groups in total. The second-order valence-electron chi connectivity index (χ2n) is 8.41. The fraction of sp³-hybridized carbons (Fsp3) is 0.0588. The Morgan fingerprint density at radius 1 is 0.474 bits per heavy atom. The molecular weight excluding hydrogens is 599 g/mol. The van der Waals surface area contributed by atoms with E-state index in [9.17, 15) is 0 Å². The van der Waals surface area contributed by atoms with Crippen molar-refractivity contribution in [3.8, 4) is 22.3 Å². The van der Waals surface area contributed by atoms with Crippen molar-refractivity contribution in [2.24, 2.45) is 0 Å². The molecule has 6 aromatic rings. The van der Waals surface area contributed by atoms with Crippen molar-refractivity contribution < 1.29 is 26.2 Å². The average Bonchev–Trinajstić information content (AvgIpc) is 3.41. The Balaban J connectivity index is 0. The predicted molar refractivity (Wildman–Crippen MR) is 173 cm³/mol. The molecule has 0 atom stereocenters. The first kappa shape index (κ1) is 37.9. The van der Waals surface area contributed by atoms with E-state index in [1.54, 1.807) is 0 Å². The van der Waals surface area contributed by atoms with Crippen molar-refractivity contribution in [3.05, 3.63) is 147 Å². The van der Waals surface area contributed by atoms with Crippen molar-refractivity contribution >= 4 is 57.3 Å². The van der Waals surface area contributed by atoms with Crippen LogP contribution < -0.4 is 0 Å². The van der Waals surface area contributed by atoms with Crippen LogP contribution in [0.15, 0.2) is 121 Å². The molecule has 0 saturated carbocycles. The summed E-state index contributed by atoms with van der Waals surface area (Å²) in [7, 11) is 0. The Kier molecular flexibility index (Phi) is 17.4. The third-order valence-electron chi connectivity index (χ3n) is 5.96. The van der Waals surface area contributed by atoms with Crippen LogP contribution >= 0.6 is 24.8 Å². The minimum atomic E-state index is 0. The quantitative estimate of drug-likeness (QED) is 0.132. The zero-order valence-corrected chi connectivity index (χ0v) is 27.5. The van der Waals surface area contributed by atoms with E-state index in [0.29, 0.717) is 0 Å². The molecule has 6 aromatic carbocycles. The van der Waals surface area contributed by atoms with Gasteiger partial charge in [-0.1, -0.05) is 97.8 Å². The Hall–Kier alpha value is -2.22. The van der Waals surface area contributed by atoms with Gasteiger partial charge in [0.1, 0.15) is 0 Å². The van der Waals surface area contributed by atoms with Gasteiger partial charge >= 0.3 is 26.2 Å². The van der Waals surface area contributed by atoms with Crippen LogP contribution in [0.5, 0.6) is 0 Å². The normalized spacial score (nSPS) is 9.11. The second kappa shape index (κ2) is 17.4. The molecule has 0 aliphatic rings. The summed E-state index contributed by atoms with van der Waals surface area (Å²) in [6.45, 7) is 4.30. The van der Waals surface area contributed by atoms with Crippen molar-refractivity contribution in [1.82, 2.24) is 0 Å². The first-order valence-corrected chi connectivity index (χ1v) is 11.1. The van der Waals surface area contributed by atoms with Crippen LogP contribution in [0.3, 0.4) is 0 Å². The summed E-state index contributed by atoms with van der Waals surface area (Å²) >= 11 is 0. The smallest absolute Gasteiger partial charge is 0.358 e. The van der Waals surface area contributed by atoms with Gasteiger partial charge < -0.3 is 14.9 Å². The molecule has 0 saturated heterocycles. The van der Waals surface area contributed by atoms with Gasteiger partial charge in [0, 0.05) is 11.0 Å². The van der Waals surface area contributed by atoms with E-state index in [0.717, 1.165) is 0 Å². The van der Waals surface area contributed by atoms with E-state index in [1.807, 2.05) is 0 Å². The van der Waals surface area contributed by atoms with Crippen LogP contribution in [0.2, 0.25) is 0 Å². The Morgan fingerprint density at radius 3 is 1.16 bits per heavy atom. The molecule has 0 spiro atoms. The number of halogens is 2. The first-order chi connectivity index (χ1) is 15.7. The molecule has 4 heteroatoms. The molecule has 0 aliphatic carbocycles. The molecule has 0 fully saturated rings. The van der Waals surface area contributed by atoms with E-state index in [4.69, 9.17) is 0 Å². The molecule has 0 amide bonds. The van der Waals surface area contributed by atoms with Crippen molar-refractivity contribution in [3.63, 3.8) is 0 Å². The van der Waals surface area contributed by atoms with Gasteiger partial charge in [0.05, 0.1) is 0 Å². The minimum Gasteiger partial charge on any atom is -0.358 e. The van der Waals surface area contributed by atoms with Crippen LogP contribution in [-0.4, -0.2) is 11.0 Å². The third kappa shape index (κ3) is 8.39. The van der Waals surface area contributed by atoms with E-state index >= 15 is 0 Å². The molecule has 0 unspecified atom stereocenters. The maximum absolute atomic E-state index is 2.26. The average molecular weight is 633 g/mol. The van der Waals surface area contributed by atoms with Gasteiger partial charge in [-0.3, -0.25) is 0 Å². The van der Waals surface area contributed by atoms with Crippen LogP contribution in [0.25, 0.3) is 43.8 Å². The third-order valence-corrected chi connectivity index (χ3v) is 5.96. The molecule has 0 bridgehead atoms. The number of rotatable bonds is 2. The summed E-state index contributed by atoms with van der Waals surface area (Å²) in [4.78, 5) is 0. The number of aryl methyl sites for hydroxylation is 2. The number of benzene rings is 4. The predicted octanol–water partition coefficient (Wildman–Crippen LogP) is 10.4. The maximum Gasteiger partial charge on any atom is 4.00 e. The number of hydrogen-bond acceptors (Lipinski definition) is 0. The standard InChI is InChI=1S/2C16H13.2CH3.2ClH.Si.Zr/c2*1-12-10-14-8-5-9-15(16(14)11-12)13-6-3-2-4-7-13;;;;;;/h2*2-11H,1H3;2*1H3;2*1H;;/q4*-1;;;;+4. The van der Waals surface area contributed by atoms with E-state index in [-0.39, 0.29) is 76.8 Å². The van der Waals surface area contributed by atoms with Gasteiger partial charge in [-0.25, -0.2) is 0 Å². The molecule has 192 valence electrons. The van der Waals surface area contributed by atoms with Crippen molar-refractivity contribution in [2.75, 3.05) is 0 Å². The summed E-state index contributed by atoms with van der Waals surface area (Å²) in [5.41, 5.74) is 7.89. The van der Waals surface area contributed by atoms with Gasteiger partial charge in [0.2, 0.25) is 0 Å². The van der Waals surface area contributed by atoms with E-state index in [2.05, 4.69) is 135 Å². The minimum absolute atomic E-state index is 0. The topological polar surface area (TPSA) is 0 Å². The molecule has 0 heterocycles. The zero-order chi connectivity index (χ0) is 21.9. The summed E-state index contributed by atoms with van der Waals surface area (Å²) in [6.07, 6.45) is 0. The summed E-state index contributed by atoms with van der Waals surface area (Å²) < 4.78 is 0. The monoisotopic (exact) mass is 630 g/mol. The van der Waals surface area contributed by atoms with Crippen molar-refractivity contribution in [2.45, 2.75) is 13.8 Å². The van der Waals surface area contributed by atoms with Gasteiger partial charge in [0.15, 0.2) is 0 Å². The number of hydrogen-bond donors (Lipinski definition) is 0. The van der Waals surface area contributed by atoms with Crippen LogP contribution in [0.4, 0.5) is 0 Å². The van der Waals surface area contributed by atoms with Crippen molar-refractivity contribution in [1.29, 1.82) is 0 Å². The SMILES string of the molecule is Cc1cc2c(-c3ccccc3)cccc2[cH-]1.Cc1cc2c(-c3ccccc3)cccc2[cH-]1.Cl.Cl.[CH3-].[CH3-].[Si].[Zr+4]. The van der Waals surface area contributed by atoms with Crippen LogP contribution in [0.1, 0.15) is 11.1 Å². The molecule has 4 radical (unpaired) electrons. The van der Waals surface area contributed by atoms with E-state index < -0.39 is 0 Å². The molecule has 0 aliphatic heterocycles. The largest absolute Gasteiger partial charge is 4.00 e. The van der Waals surface area contributed by atoms with Gasteiger partial charge in [-0.05, 0) is 11.1 Å². The molecule has 38 heavy (non-hydrogen) atoms. The Labute approximate surface area is 265 Å². The van der Waals surface area contributed by atoms with Crippen LogP contribution in [-0.2, 0) is 26.2 Å². The summed E-state index contributed by atoms with van der Waals surface area (Å²) in [6, 6.07) is 43.1. The Bertz CT molecular complexity index is 1370. The van der Waals surface area contributed by atoms with Gasteiger partial charge in [-0.2, -0.15) is 12.1 Å². The summed E-state index contributed by atoms with van der Waals surface area (Å²) in [5, 5.41) is 5.37. The number of fused-ring (bicyclic) bond motifs is 2. The zero-order valence-electron chi connectivity index (χ0n) is 22.4. The molecular formula is C34H34Cl2SiZr. The van der Waals surface area contributed by atoms with Gasteiger partial charge in [-0.15, -0.1) is 93.9 Å². The van der Waals surface area contributed by atoms with Crippen LogP contribution in [0, 0.1) is 28.7 Å². The first-order valence-electron chi connectivity index (χ1n) is 11.1. The fourth-order valence-electron chi connectivity index (χ4n) is 4.51. The fourth-order valence-corrected chi connectivity index (χ4v) is 4.51. The molecule has 6 rings (SSSR count).